The maximum atomic E-state index is 12.8. The number of imidazole rings is 1. The predicted octanol–water partition coefficient (Wildman–Crippen LogP) is 4.73. The topological polar surface area (TPSA) is 94.5 Å². The molecule has 4 rings (SSSR count). The number of amides is 1. The first-order valence-electron chi connectivity index (χ1n) is 9.40. The lowest BCUT2D eigenvalue weighted by molar-refractivity contribution is 0.102. The highest BCUT2D eigenvalue weighted by Crippen LogP contribution is 2.34. The van der Waals surface area contributed by atoms with Gasteiger partial charge in [-0.3, -0.25) is 9.20 Å². The fraction of sp³-hybridized carbons (Fsp3) is 0.136. The molecule has 2 aromatic heterocycles. The molecule has 31 heavy (non-hydrogen) atoms. The third-order valence-corrected chi connectivity index (χ3v) is 5.44. The number of nitrogens with two attached hydrogens (primary N) is 1. The molecule has 7 nitrogen and oxygen atoms in total. The van der Waals surface area contributed by atoms with Crippen LogP contribution in [0.2, 0.25) is 10.0 Å². The van der Waals surface area contributed by atoms with Gasteiger partial charge < -0.3 is 15.8 Å². The summed E-state index contributed by atoms with van der Waals surface area (Å²) in [5, 5.41) is 3.81. The molecule has 1 amide bonds. The Balaban J connectivity index is 1.80. The minimum atomic E-state index is -0.365. The first kappa shape index (κ1) is 21.1. The molecule has 0 spiro atoms. The van der Waals surface area contributed by atoms with Gasteiger partial charge in [0.05, 0.1) is 17.8 Å². The lowest BCUT2D eigenvalue weighted by atomic mass is 10.0. The van der Waals surface area contributed by atoms with Gasteiger partial charge in [0.1, 0.15) is 11.4 Å². The maximum absolute atomic E-state index is 12.8. The molecule has 0 aliphatic rings. The Morgan fingerprint density at radius 3 is 2.55 bits per heavy atom. The molecule has 0 saturated carbocycles. The highest BCUT2D eigenvalue weighted by atomic mass is 35.5. The van der Waals surface area contributed by atoms with Crippen molar-refractivity contribution in [2.24, 2.45) is 5.73 Å². The summed E-state index contributed by atoms with van der Waals surface area (Å²) in [5.41, 5.74) is 9.81. The van der Waals surface area contributed by atoms with Crippen LogP contribution in [0.4, 0.5) is 5.69 Å². The van der Waals surface area contributed by atoms with Crippen LogP contribution in [-0.2, 0) is 6.54 Å². The molecule has 4 aromatic rings. The van der Waals surface area contributed by atoms with E-state index in [1.54, 1.807) is 54.1 Å². The van der Waals surface area contributed by atoms with Crippen LogP contribution in [-0.4, -0.2) is 27.4 Å². The number of nitrogens with zero attached hydrogens (tertiary/aromatic N) is 3. The first-order chi connectivity index (χ1) is 14.9. The molecular weight excluding hydrogens is 437 g/mol. The molecule has 2 aromatic carbocycles. The lowest BCUT2D eigenvalue weighted by Gasteiger charge is -2.14. The number of aryl methyl sites for hydroxylation is 1. The molecule has 2 heterocycles. The number of carbonyl (C=O) groups excluding carboxylic acids is 1. The highest BCUT2D eigenvalue weighted by Gasteiger charge is 2.20. The van der Waals surface area contributed by atoms with Gasteiger partial charge in [0, 0.05) is 40.3 Å². The van der Waals surface area contributed by atoms with E-state index in [0.717, 1.165) is 16.8 Å². The van der Waals surface area contributed by atoms with Crippen LogP contribution in [0.1, 0.15) is 21.7 Å². The highest BCUT2D eigenvalue weighted by molar-refractivity contribution is 6.36. The minimum Gasteiger partial charge on any atom is -0.497 e. The molecule has 0 fully saturated rings. The van der Waals surface area contributed by atoms with E-state index in [2.05, 4.69) is 15.3 Å². The monoisotopic (exact) mass is 455 g/mol. The molecule has 158 valence electrons. The second kappa shape index (κ2) is 8.55. The average molecular weight is 456 g/mol. The summed E-state index contributed by atoms with van der Waals surface area (Å²) in [7, 11) is 1.58. The molecule has 9 heteroatoms. The van der Waals surface area contributed by atoms with Crippen molar-refractivity contribution in [2.75, 3.05) is 12.4 Å². The number of carbonyl (C=O) groups is 1. The molecule has 0 aliphatic carbocycles. The number of fused-ring (bicyclic) bond motifs is 1. The van der Waals surface area contributed by atoms with Crippen LogP contribution in [0.3, 0.4) is 0 Å². The number of aromatic nitrogens is 3. The van der Waals surface area contributed by atoms with Crippen molar-refractivity contribution in [2.45, 2.75) is 13.5 Å². The number of rotatable bonds is 5. The zero-order chi connectivity index (χ0) is 22.1. The van der Waals surface area contributed by atoms with Crippen molar-refractivity contribution in [1.82, 2.24) is 14.4 Å². The molecule has 0 aliphatic heterocycles. The van der Waals surface area contributed by atoms with Gasteiger partial charge in [-0.25, -0.2) is 9.97 Å². The van der Waals surface area contributed by atoms with Crippen LogP contribution < -0.4 is 15.8 Å². The third kappa shape index (κ3) is 4.07. The number of anilines is 1. The van der Waals surface area contributed by atoms with Crippen molar-refractivity contribution in [3.8, 4) is 17.0 Å². The molecule has 0 unspecified atom stereocenters. The zero-order valence-corrected chi connectivity index (χ0v) is 18.3. The Morgan fingerprint density at radius 2 is 1.90 bits per heavy atom. The van der Waals surface area contributed by atoms with Crippen molar-refractivity contribution in [3.63, 3.8) is 0 Å². The van der Waals surface area contributed by atoms with Crippen LogP contribution >= 0.6 is 23.2 Å². The normalized spacial score (nSPS) is 11.0. The second-order valence-electron chi connectivity index (χ2n) is 6.83. The second-order valence-corrected chi connectivity index (χ2v) is 7.68. The van der Waals surface area contributed by atoms with E-state index in [-0.39, 0.29) is 18.1 Å². The van der Waals surface area contributed by atoms with Crippen molar-refractivity contribution >= 4 is 40.6 Å². The van der Waals surface area contributed by atoms with Crippen LogP contribution in [0.5, 0.6) is 5.75 Å². The smallest absolute Gasteiger partial charge is 0.275 e. The molecular formula is C22H19Cl2N5O2. The Kier molecular flexibility index (Phi) is 5.82. The van der Waals surface area contributed by atoms with Gasteiger partial charge in [-0.1, -0.05) is 23.2 Å². The number of halogens is 2. The summed E-state index contributed by atoms with van der Waals surface area (Å²) in [5.74, 6) is 0.704. The van der Waals surface area contributed by atoms with E-state index in [1.165, 1.54) is 0 Å². The summed E-state index contributed by atoms with van der Waals surface area (Å²) >= 11 is 12.5. The summed E-state index contributed by atoms with van der Waals surface area (Å²) in [6.45, 7) is 2.09. The Hall–Kier alpha value is -3.13. The number of benzene rings is 2. The van der Waals surface area contributed by atoms with Crippen LogP contribution in [0.25, 0.3) is 17.0 Å². The van der Waals surface area contributed by atoms with Gasteiger partial charge in [0.25, 0.3) is 5.91 Å². The van der Waals surface area contributed by atoms with E-state index < -0.39 is 0 Å². The third-order valence-electron chi connectivity index (χ3n) is 4.89. The molecule has 0 bridgehead atoms. The summed E-state index contributed by atoms with van der Waals surface area (Å²) in [6.07, 6.45) is 1.63. The van der Waals surface area contributed by atoms with Gasteiger partial charge in [-0.15, -0.1) is 0 Å². The maximum Gasteiger partial charge on any atom is 0.275 e. The number of nitrogens with one attached hydrogen (secondary N) is 1. The van der Waals surface area contributed by atoms with E-state index in [9.17, 15) is 4.79 Å². The van der Waals surface area contributed by atoms with E-state index in [0.29, 0.717) is 33.0 Å². The Labute approximate surface area is 188 Å². The number of hydrogen-bond acceptors (Lipinski definition) is 5. The average Bonchev–Trinajstić information content (AvgIpc) is 3.17. The fourth-order valence-corrected chi connectivity index (χ4v) is 3.84. The minimum absolute atomic E-state index is 0.211. The Bertz CT molecular complexity index is 1290. The van der Waals surface area contributed by atoms with Gasteiger partial charge in [-0.05, 0) is 49.4 Å². The molecule has 0 saturated heterocycles. The molecule has 0 atom stereocenters. The molecule has 3 N–H and O–H groups in total. The van der Waals surface area contributed by atoms with Gasteiger partial charge in [0.15, 0.2) is 0 Å². The van der Waals surface area contributed by atoms with E-state index in [4.69, 9.17) is 33.7 Å². The number of methoxy groups -OCH3 is 1. The van der Waals surface area contributed by atoms with Gasteiger partial charge in [0.2, 0.25) is 5.78 Å². The van der Waals surface area contributed by atoms with Crippen molar-refractivity contribution in [3.05, 3.63) is 75.7 Å². The van der Waals surface area contributed by atoms with Crippen LogP contribution in [0, 0.1) is 6.92 Å². The summed E-state index contributed by atoms with van der Waals surface area (Å²) < 4.78 is 6.87. The fourth-order valence-electron chi connectivity index (χ4n) is 3.35. The van der Waals surface area contributed by atoms with Crippen LogP contribution in [0.15, 0.2) is 48.7 Å². The zero-order valence-electron chi connectivity index (χ0n) is 16.8. The quantitative estimate of drug-likeness (QED) is 0.453. The SMILES string of the molecule is COc1ccc(NC(=O)c2cn3c(-c4ccc(Cl)cc4Cl)c(CN)c(C)nc3n2)cc1. The van der Waals surface area contributed by atoms with Gasteiger partial charge >= 0.3 is 0 Å². The van der Waals surface area contributed by atoms with Crippen molar-refractivity contribution in [1.29, 1.82) is 0 Å². The summed E-state index contributed by atoms with van der Waals surface area (Å²) in [4.78, 5) is 21.8. The van der Waals surface area contributed by atoms with E-state index >= 15 is 0 Å². The molecule has 0 radical (unpaired) electrons. The first-order valence-corrected chi connectivity index (χ1v) is 10.2. The Morgan fingerprint density at radius 1 is 1.16 bits per heavy atom. The lowest BCUT2D eigenvalue weighted by Crippen LogP contribution is -2.12. The summed E-state index contributed by atoms with van der Waals surface area (Å²) in [6, 6.07) is 12.3. The standard InChI is InChI=1S/C22H19Cl2N5O2/c1-12-17(10-25)20(16-8-3-13(23)9-18(16)24)29-11-19(28-22(29)26-12)21(30)27-14-4-6-15(31-2)7-5-14/h3-9,11H,10,25H2,1-2H3,(H,27,30). The van der Waals surface area contributed by atoms with E-state index in [1.807, 2.05) is 13.0 Å². The number of ether oxygens (including phenoxy) is 1. The van der Waals surface area contributed by atoms with Crippen molar-refractivity contribution < 1.29 is 9.53 Å². The number of hydrogen-bond donors (Lipinski definition) is 2. The predicted molar refractivity (Wildman–Crippen MR) is 122 cm³/mol. The largest absolute Gasteiger partial charge is 0.497 e. The van der Waals surface area contributed by atoms with Gasteiger partial charge in [-0.2, -0.15) is 0 Å².